The number of anilines is 2. The van der Waals surface area contributed by atoms with E-state index in [1.165, 1.54) is 17.0 Å². The molecule has 4 rings (SSSR count). The normalized spacial score (nSPS) is 14.1. The number of amides is 3. The van der Waals surface area contributed by atoms with Crippen LogP contribution >= 0.6 is 0 Å². The van der Waals surface area contributed by atoms with Crippen LogP contribution in [0.4, 0.5) is 15.9 Å². The summed E-state index contributed by atoms with van der Waals surface area (Å²) in [6.07, 6.45) is 5.69. The van der Waals surface area contributed by atoms with E-state index in [4.69, 9.17) is 0 Å². The van der Waals surface area contributed by atoms with E-state index in [2.05, 4.69) is 15.6 Å². The summed E-state index contributed by atoms with van der Waals surface area (Å²) in [5.74, 6) is -1.22. The van der Waals surface area contributed by atoms with Crippen molar-refractivity contribution in [2.24, 2.45) is 0 Å². The average molecular weight is 517 g/mol. The van der Waals surface area contributed by atoms with E-state index in [0.717, 1.165) is 31.2 Å². The van der Waals surface area contributed by atoms with Crippen LogP contribution in [-0.4, -0.2) is 28.7 Å². The molecule has 0 saturated heterocycles. The Kier molecular flexibility index (Phi) is 9.19. The summed E-state index contributed by atoms with van der Waals surface area (Å²) in [7, 11) is 0. The Morgan fingerprint density at radius 1 is 0.974 bits per heavy atom. The number of nitrogens with zero attached hydrogens (tertiary/aromatic N) is 2. The van der Waals surface area contributed by atoms with Gasteiger partial charge in [-0.15, -0.1) is 0 Å². The number of nitrogens with one attached hydrogen (secondary N) is 2. The van der Waals surface area contributed by atoms with Crippen molar-refractivity contribution in [3.8, 4) is 0 Å². The minimum absolute atomic E-state index is 0.0302. The maximum atomic E-state index is 15.1. The summed E-state index contributed by atoms with van der Waals surface area (Å²) < 4.78 is 15.1. The van der Waals surface area contributed by atoms with Crippen molar-refractivity contribution in [3.63, 3.8) is 0 Å². The predicted molar refractivity (Wildman–Crippen MR) is 145 cm³/mol. The molecular formula is C30H33FN4O3. The van der Waals surface area contributed by atoms with Crippen LogP contribution in [-0.2, 0) is 14.4 Å². The number of aromatic nitrogens is 1. The lowest BCUT2D eigenvalue weighted by Crippen LogP contribution is -2.46. The van der Waals surface area contributed by atoms with E-state index in [1.54, 1.807) is 48.7 Å². The minimum Gasteiger partial charge on any atom is -0.351 e. The monoisotopic (exact) mass is 516 g/mol. The van der Waals surface area contributed by atoms with Gasteiger partial charge in [0.05, 0.1) is 5.69 Å². The molecule has 38 heavy (non-hydrogen) atoms. The lowest BCUT2D eigenvalue weighted by molar-refractivity contribution is -0.127. The van der Waals surface area contributed by atoms with E-state index in [9.17, 15) is 14.4 Å². The van der Waals surface area contributed by atoms with Gasteiger partial charge in [0.15, 0.2) is 0 Å². The van der Waals surface area contributed by atoms with Crippen molar-refractivity contribution < 1.29 is 18.8 Å². The van der Waals surface area contributed by atoms with Gasteiger partial charge in [-0.25, -0.2) is 9.37 Å². The maximum absolute atomic E-state index is 15.1. The van der Waals surface area contributed by atoms with Gasteiger partial charge in [0.1, 0.15) is 17.7 Å². The fraction of sp³-hybridized carbons (Fsp3) is 0.333. The Morgan fingerprint density at radius 2 is 1.68 bits per heavy atom. The van der Waals surface area contributed by atoms with E-state index in [-0.39, 0.29) is 42.8 Å². The molecule has 1 heterocycles. The fourth-order valence-electron chi connectivity index (χ4n) is 4.74. The molecule has 8 heteroatoms. The summed E-state index contributed by atoms with van der Waals surface area (Å²) in [5, 5.41) is 5.79. The molecule has 2 N–H and O–H groups in total. The zero-order valence-electron chi connectivity index (χ0n) is 21.5. The summed E-state index contributed by atoms with van der Waals surface area (Å²) in [5.41, 5.74) is 1.63. The molecule has 0 radical (unpaired) electrons. The number of rotatable bonds is 10. The Bertz CT molecular complexity index is 1240. The summed E-state index contributed by atoms with van der Waals surface area (Å²) in [4.78, 5) is 45.1. The number of hydrogen-bond donors (Lipinski definition) is 2. The summed E-state index contributed by atoms with van der Waals surface area (Å²) in [6, 6.07) is 17.5. The topological polar surface area (TPSA) is 91.4 Å². The first-order valence-electron chi connectivity index (χ1n) is 13.1. The number of pyridine rings is 1. The van der Waals surface area contributed by atoms with Crippen molar-refractivity contribution in [1.29, 1.82) is 0 Å². The van der Waals surface area contributed by atoms with Crippen LogP contribution in [0, 0.1) is 12.7 Å². The molecule has 1 aromatic heterocycles. The first kappa shape index (κ1) is 27.0. The fourth-order valence-corrected chi connectivity index (χ4v) is 4.74. The Labute approximate surface area is 222 Å². The van der Waals surface area contributed by atoms with Crippen LogP contribution in [0.5, 0.6) is 0 Å². The smallest absolute Gasteiger partial charge is 0.248 e. The molecule has 198 valence electrons. The van der Waals surface area contributed by atoms with Gasteiger partial charge in [0, 0.05) is 25.1 Å². The largest absolute Gasteiger partial charge is 0.351 e. The second-order valence-corrected chi connectivity index (χ2v) is 9.64. The average Bonchev–Trinajstić information content (AvgIpc) is 3.42. The maximum Gasteiger partial charge on any atom is 0.248 e. The molecule has 3 aromatic rings. The van der Waals surface area contributed by atoms with Crippen LogP contribution < -0.4 is 15.5 Å². The van der Waals surface area contributed by atoms with Crippen LogP contribution in [0.3, 0.4) is 0 Å². The number of halogens is 1. The molecule has 1 aliphatic carbocycles. The lowest BCUT2D eigenvalue weighted by Gasteiger charge is -2.32. The molecule has 0 unspecified atom stereocenters. The second kappa shape index (κ2) is 12.9. The highest BCUT2D eigenvalue weighted by molar-refractivity contribution is 6.01. The number of carbonyl (C=O) groups is 3. The molecule has 7 nitrogen and oxygen atoms in total. The van der Waals surface area contributed by atoms with Gasteiger partial charge < -0.3 is 10.6 Å². The summed E-state index contributed by atoms with van der Waals surface area (Å²) in [6.45, 7) is 1.94. The second-order valence-electron chi connectivity index (χ2n) is 9.64. The van der Waals surface area contributed by atoms with Crippen LogP contribution in [0.1, 0.15) is 62.1 Å². The highest BCUT2D eigenvalue weighted by Crippen LogP contribution is 2.32. The molecule has 1 fully saturated rings. The molecule has 2 aromatic carbocycles. The van der Waals surface area contributed by atoms with Gasteiger partial charge in [-0.3, -0.25) is 19.3 Å². The third kappa shape index (κ3) is 7.03. The summed E-state index contributed by atoms with van der Waals surface area (Å²) >= 11 is 0. The third-order valence-electron chi connectivity index (χ3n) is 6.71. The van der Waals surface area contributed by atoms with Gasteiger partial charge in [-0.1, -0.05) is 60.9 Å². The molecule has 3 amide bonds. The number of benzene rings is 2. The van der Waals surface area contributed by atoms with E-state index < -0.39 is 17.8 Å². The predicted octanol–water partition coefficient (Wildman–Crippen LogP) is 5.47. The van der Waals surface area contributed by atoms with Crippen LogP contribution in [0.15, 0.2) is 72.9 Å². The zero-order valence-corrected chi connectivity index (χ0v) is 21.5. The van der Waals surface area contributed by atoms with Crippen molar-refractivity contribution in [2.45, 2.75) is 64.0 Å². The Balaban J connectivity index is 1.58. The van der Waals surface area contributed by atoms with Gasteiger partial charge in [0.25, 0.3) is 0 Å². The SMILES string of the molecule is Cc1ccc([C@@H](C(=O)NC2CCCC2)N(C(=O)CCCC(=O)Nc2ccccn2)c2ccccc2F)cc1. The van der Waals surface area contributed by atoms with Gasteiger partial charge >= 0.3 is 0 Å². The molecule has 0 bridgehead atoms. The molecule has 0 aliphatic heterocycles. The number of hydrogen-bond acceptors (Lipinski definition) is 4. The Morgan fingerprint density at radius 3 is 2.37 bits per heavy atom. The van der Waals surface area contributed by atoms with Crippen LogP contribution in [0.2, 0.25) is 0 Å². The van der Waals surface area contributed by atoms with Gasteiger partial charge in [-0.2, -0.15) is 0 Å². The quantitative estimate of drug-likeness (QED) is 0.374. The highest BCUT2D eigenvalue weighted by atomic mass is 19.1. The van der Waals surface area contributed by atoms with Gasteiger partial charge in [-0.05, 0) is 56.0 Å². The van der Waals surface area contributed by atoms with E-state index in [1.807, 2.05) is 19.1 Å². The molecule has 1 aliphatic rings. The first-order chi connectivity index (χ1) is 18.4. The highest BCUT2D eigenvalue weighted by Gasteiger charge is 2.35. The number of carbonyl (C=O) groups excluding carboxylic acids is 3. The zero-order chi connectivity index (χ0) is 26.9. The lowest BCUT2D eigenvalue weighted by atomic mass is 10.00. The minimum atomic E-state index is -1.05. The molecule has 0 spiro atoms. The van der Waals surface area contributed by atoms with Crippen LogP contribution in [0.25, 0.3) is 0 Å². The van der Waals surface area contributed by atoms with E-state index >= 15 is 4.39 Å². The standard InChI is InChI=1S/C30H33FN4O3/c1-21-16-18-22(19-17-21)29(30(38)33-23-9-2-3-10-23)35(25-12-5-4-11-24(25)31)28(37)15-8-14-27(36)34-26-13-6-7-20-32-26/h4-7,11-13,16-20,23,29H,2-3,8-10,14-15H2,1H3,(H,33,38)(H,32,34,36)/t29-/m0/s1. The van der Waals surface area contributed by atoms with Crippen molar-refractivity contribution in [1.82, 2.24) is 10.3 Å². The molecular weight excluding hydrogens is 483 g/mol. The van der Waals surface area contributed by atoms with Crippen molar-refractivity contribution in [3.05, 3.63) is 89.9 Å². The Hall–Kier alpha value is -4.07. The van der Waals surface area contributed by atoms with Gasteiger partial charge in [0.2, 0.25) is 17.7 Å². The third-order valence-corrected chi connectivity index (χ3v) is 6.71. The van der Waals surface area contributed by atoms with Crippen molar-refractivity contribution >= 4 is 29.2 Å². The number of aryl methyl sites for hydroxylation is 1. The van der Waals surface area contributed by atoms with Crippen molar-refractivity contribution in [2.75, 3.05) is 10.2 Å². The number of para-hydroxylation sites is 1. The molecule has 1 atom stereocenters. The molecule has 1 saturated carbocycles. The van der Waals surface area contributed by atoms with E-state index in [0.29, 0.717) is 11.4 Å². The first-order valence-corrected chi connectivity index (χ1v) is 13.1.